The van der Waals surface area contributed by atoms with E-state index >= 15 is 0 Å². The smallest absolute Gasteiger partial charge is 0.251 e. The van der Waals surface area contributed by atoms with Gasteiger partial charge >= 0.3 is 0 Å². The van der Waals surface area contributed by atoms with Crippen molar-refractivity contribution < 1.29 is 5.11 Å². The molecule has 0 saturated heterocycles. The van der Waals surface area contributed by atoms with Gasteiger partial charge in [-0.15, -0.1) is 0 Å². The average molecular weight is 191 g/mol. The minimum atomic E-state index is -0.333. The second-order valence-corrected chi connectivity index (χ2v) is 2.96. The predicted octanol–water partition coefficient (Wildman–Crippen LogP) is 0.481. The summed E-state index contributed by atoms with van der Waals surface area (Å²) in [7, 11) is 1.81. The van der Waals surface area contributed by atoms with E-state index in [9.17, 15) is 9.90 Å². The highest BCUT2D eigenvalue weighted by Crippen LogP contribution is 2.23. The maximum atomic E-state index is 10.9. The molecule has 0 amide bonds. The summed E-state index contributed by atoms with van der Waals surface area (Å²) in [6.07, 6.45) is 4.83. The van der Waals surface area contributed by atoms with E-state index in [0.29, 0.717) is 11.4 Å². The van der Waals surface area contributed by atoms with Crippen molar-refractivity contribution in [1.29, 1.82) is 0 Å². The zero-order valence-corrected chi connectivity index (χ0v) is 7.56. The van der Waals surface area contributed by atoms with Gasteiger partial charge in [-0.05, 0) is 0 Å². The molecule has 5 heteroatoms. The highest BCUT2D eigenvalue weighted by atomic mass is 16.3. The number of rotatable bonds is 1. The number of imidazole rings is 1. The van der Waals surface area contributed by atoms with Crippen LogP contribution in [-0.2, 0) is 7.05 Å². The summed E-state index contributed by atoms with van der Waals surface area (Å²) in [5.41, 5.74) is 0.178. The number of aromatic nitrogens is 3. The fraction of sp³-hybridized carbons (Fsp3) is 0.111. The van der Waals surface area contributed by atoms with Crippen molar-refractivity contribution in [2.45, 2.75) is 0 Å². The molecule has 5 nitrogen and oxygen atoms in total. The van der Waals surface area contributed by atoms with E-state index < -0.39 is 0 Å². The lowest BCUT2D eigenvalue weighted by Gasteiger charge is -2.02. The minimum absolute atomic E-state index is 0.0666. The van der Waals surface area contributed by atoms with Crippen LogP contribution in [0.25, 0.3) is 11.4 Å². The Labute approximate surface area is 79.7 Å². The van der Waals surface area contributed by atoms with Crippen molar-refractivity contribution >= 4 is 0 Å². The number of nitrogens with one attached hydrogen (secondary N) is 1. The van der Waals surface area contributed by atoms with E-state index in [0.717, 1.165) is 6.07 Å². The van der Waals surface area contributed by atoms with Crippen LogP contribution in [0.3, 0.4) is 0 Å². The van der Waals surface area contributed by atoms with Crippen LogP contribution in [0.5, 0.6) is 5.75 Å². The average Bonchev–Trinajstić information content (AvgIpc) is 2.52. The highest BCUT2D eigenvalue weighted by molar-refractivity contribution is 5.62. The van der Waals surface area contributed by atoms with Gasteiger partial charge in [0.25, 0.3) is 5.56 Å². The summed E-state index contributed by atoms with van der Waals surface area (Å²) >= 11 is 0. The van der Waals surface area contributed by atoms with Gasteiger partial charge in [0.05, 0.1) is 5.56 Å². The number of H-pyrrole nitrogens is 1. The number of aromatic hydroxyl groups is 1. The Morgan fingerprint density at radius 1 is 1.57 bits per heavy atom. The molecule has 2 heterocycles. The third-order valence-corrected chi connectivity index (χ3v) is 1.96. The molecular formula is C9H9N3O2. The lowest BCUT2D eigenvalue weighted by molar-refractivity contribution is 0.475. The molecule has 0 aromatic carbocycles. The molecule has 0 bridgehead atoms. The van der Waals surface area contributed by atoms with Gasteiger partial charge in [0.15, 0.2) is 0 Å². The van der Waals surface area contributed by atoms with Gasteiger partial charge in [0.2, 0.25) is 0 Å². The summed E-state index contributed by atoms with van der Waals surface area (Å²) in [5.74, 6) is 0.543. The van der Waals surface area contributed by atoms with Crippen molar-refractivity contribution in [3.8, 4) is 17.1 Å². The third-order valence-electron chi connectivity index (χ3n) is 1.96. The molecule has 0 unspecified atom stereocenters. The lowest BCUT2D eigenvalue weighted by Crippen LogP contribution is -2.03. The van der Waals surface area contributed by atoms with Crippen molar-refractivity contribution in [3.05, 3.63) is 35.0 Å². The van der Waals surface area contributed by atoms with Crippen molar-refractivity contribution in [1.82, 2.24) is 14.5 Å². The van der Waals surface area contributed by atoms with Crippen LogP contribution in [0.2, 0.25) is 0 Å². The number of pyridine rings is 1. The van der Waals surface area contributed by atoms with Gasteiger partial charge < -0.3 is 14.7 Å². The molecule has 14 heavy (non-hydrogen) atoms. The molecule has 2 aromatic rings. The van der Waals surface area contributed by atoms with E-state index in [1.807, 2.05) is 7.05 Å². The summed E-state index contributed by atoms with van der Waals surface area (Å²) in [5, 5.41) is 9.51. The number of aryl methyl sites for hydroxylation is 1. The monoisotopic (exact) mass is 191 g/mol. The summed E-state index contributed by atoms with van der Waals surface area (Å²) in [4.78, 5) is 17.4. The van der Waals surface area contributed by atoms with Crippen LogP contribution in [0.1, 0.15) is 0 Å². The number of hydrogen-bond donors (Lipinski definition) is 2. The molecule has 2 aromatic heterocycles. The van der Waals surface area contributed by atoms with Gasteiger partial charge in [-0.2, -0.15) is 0 Å². The van der Waals surface area contributed by atoms with E-state index in [2.05, 4.69) is 9.97 Å². The summed E-state index contributed by atoms with van der Waals surface area (Å²) < 4.78 is 1.76. The summed E-state index contributed by atoms with van der Waals surface area (Å²) in [6, 6.07) is 1.13. The molecule has 2 N–H and O–H groups in total. The van der Waals surface area contributed by atoms with Gasteiger partial charge in [-0.3, -0.25) is 4.79 Å². The topological polar surface area (TPSA) is 70.9 Å². The molecule has 0 atom stereocenters. The fourth-order valence-electron chi connectivity index (χ4n) is 1.27. The molecule has 0 aliphatic carbocycles. The van der Waals surface area contributed by atoms with Crippen molar-refractivity contribution in [2.75, 3.05) is 0 Å². The van der Waals surface area contributed by atoms with Gasteiger partial charge in [-0.25, -0.2) is 4.98 Å². The first-order valence-corrected chi connectivity index (χ1v) is 4.08. The van der Waals surface area contributed by atoms with Crippen molar-refractivity contribution in [3.63, 3.8) is 0 Å². The molecule has 0 radical (unpaired) electrons. The Morgan fingerprint density at radius 2 is 2.36 bits per heavy atom. The maximum Gasteiger partial charge on any atom is 0.251 e. The zero-order valence-electron chi connectivity index (χ0n) is 7.56. The molecule has 0 spiro atoms. The molecule has 0 fully saturated rings. The van der Waals surface area contributed by atoms with Crippen LogP contribution < -0.4 is 5.56 Å². The first-order chi connectivity index (χ1) is 6.68. The quantitative estimate of drug-likeness (QED) is 0.688. The van der Waals surface area contributed by atoms with E-state index in [4.69, 9.17) is 0 Å². The second kappa shape index (κ2) is 3.02. The Hall–Kier alpha value is -2.04. The van der Waals surface area contributed by atoms with Gasteiger partial charge in [-0.1, -0.05) is 0 Å². The SMILES string of the molecule is Cn1ccnc1-c1c[nH]c(=O)cc1O. The normalized spacial score (nSPS) is 10.4. The van der Waals surface area contributed by atoms with Gasteiger partial charge in [0.1, 0.15) is 11.6 Å². The second-order valence-electron chi connectivity index (χ2n) is 2.96. The van der Waals surface area contributed by atoms with E-state index in [1.54, 1.807) is 17.0 Å². The molecular weight excluding hydrogens is 182 g/mol. The first kappa shape index (κ1) is 8.55. The molecule has 2 rings (SSSR count). The molecule has 0 saturated carbocycles. The van der Waals surface area contributed by atoms with Crippen LogP contribution >= 0.6 is 0 Å². The maximum absolute atomic E-state index is 10.9. The van der Waals surface area contributed by atoms with Gasteiger partial charge in [0, 0.05) is 31.7 Å². The Kier molecular flexibility index (Phi) is 1.85. The number of aromatic amines is 1. The zero-order chi connectivity index (χ0) is 10.1. The van der Waals surface area contributed by atoms with Crippen molar-refractivity contribution in [2.24, 2.45) is 7.05 Å². The van der Waals surface area contributed by atoms with Crippen LogP contribution in [0.15, 0.2) is 29.5 Å². The first-order valence-electron chi connectivity index (χ1n) is 4.08. The van der Waals surface area contributed by atoms with Crippen LogP contribution in [0.4, 0.5) is 0 Å². The predicted molar refractivity (Wildman–Crippen MR) is 50.9 cm³/mol. The van der Waals surface area contributed by atoms with Crippen LogP contribution in [-0.4, -0.2) is 19.6 Å². The minimum Gasteiger partial charge on any atom is -0.507 e. The molecule has 72 valence electrons. The van der Waals surface area contributed by atoms with Crippen LogP contribution in [0, 0.1) is 0 Å². The Balaban J connectivity index is 2.63. The Morgan fingerprint density at radius 3 is 2.93 bits per heavy atom. The number of nitrogens with zero attached hydrogens (tertiary/aromatic N) is 2. The standard InChI is InChI=1S/C9H9N3O2/c1-12-3-2-10-9(12)6-5-11-8(14)4-7(6)13/h2-5H,1H3,(H2,11,13,14). The van der Waals surface area contributed by atoms with E-state index in [1.165, 1.54) is 6.20 Å². The lowest BCUT2D eigenvalue weighted by atomic mass is 10.2. The summed E-state index contributed by atoms with van der Waals surface area (Å²) in [6.45, 7) is 0. The largest absolute Gasteiger partial charge is 0.507 e. The Bertz CT molecular complexity index is 513. The third kappa shape index (κ3) is 1.28. The highest BCUT2D eigenvalue weighted by Gasteiger charge is 2.08. The molecule has 0 aliphatic rings. The molecule has 0 aliphatic heterocycles. The fourth-order valence-corrected chi connectivity index (χ4v) is 1.27. The number of hydrogen-bond acceptors (Lipinski definition) is 3. The van der Waals surface area contributed by atoms with E-state index in [-0.39, 0.29) is 11.3 Å².